The molecule has 1 N–H and O–H groups in total. The zero-order valence-corrected chi connectivity index (χ0v) is 7.84. The molecule has 0 aromatic heterocycles. The Bertz CT molecular complexity index is 310. The number of aliphatic hydroxyl groups excluding tert-OH is 1. The van der Waals surface area contributed by atoms with Crippen LogP contribution >= 0.6 is 0 Å². The maximum atomic E-state index is 8.86. The van der Waals surface area contributed by atoms with Crippen LogP contribution in [0.15, 0.2) is 42.8 Å². The van der Waals surface area contributed by atoms with Crippen molar-refractivity contribution in [1.82, 2.24) is 4.90 Å². The van der Waals surface area contributed by atoms with E-state index in [1.165, 1.54) is 0 Å². The third-order valence-electron chi connectivity index (χ3n) is 2.20. The fourth-order valence-electron chi connectivity index (χ4n) is 1.54. The number of hydrogen-bond acceptors (Lipinski definition) is 3. The zero-order valence-electron chi connectivity index (χ0n) is 7.84. The minimum Gasteiger partial charge on any atom is -0.472 e. The van der Waals surface area contributed by atoms with Crippen LogP contribution in [0.25, 0.3) is 0 Å². The molecule has 1 aromatic rings. The lowest BCUT2D eigenvalue weighted by Gasteiger charge is -2.23. The Morgan fingerprint density at radius 3 is 2.79 bits per heavy atom. The zero-order chi connectivity index (χ0) is 9.80. The molecular formula is C11H13NO2. The first-order valence-corrected chi connectivity index (χ1v) is 4.65. The van der Waals surface area contributed by atoms with Crippen LogP contribution in [-0.2, 0) is 4.74 Å². The minimum atomic E-state index is -0.0802. The first-order valence-electron chi connectivity index (χ1n) is 4.65. The molecule has 1 aliphatic heterocycles. The van der Waals surface area contributed by atoms with E-state index < -0.39 is 0 Å². The molecule has 1 aliphatic rings. The van der Waals surface area contributed by atoms with Crippen molar-refractivity contribution in [3.8, 4) is 0 Å². The third-order valence-corrected chi connectivity index (χ3v) is 2.20. The van der Waals surface area contributed by atoms with Crippen LogP contribution in [0.1, 0.15) is 11.8 Å². The summed E-state index contributed by atoms with van der Waals surface area (Å²) < 4.78 is 5.44. The second-order valence-electron chi connectivity index (χ2n) is 3.15. The second-order valence-corrected chi connectivity index (χ2v) is 3.15. The Balaban J connectivity index is 2.12. The molecule has 3 nitrogen and oxygen atoms in total. The van der Waals surface area contributed by atoms with Crippen molar-refractivity contribution in [1.29, 1.82) is 0 Å². The highest BCUT2D eigenvalue weighted by Gasteiger charge is 2.21. The Labute approximate surface area is 83.2 Å². The van der Waals surface area contributed by atoms with Gasteiger partial charge in [-0.2, -0.15) is 0 Å². The first kappa shape index (κ1) is 9.09. The molecule has 0 amide bonds. The predicted octanol–water partition coefficient (Wildman–Crippen LogP) is 1.48. The molecule has 1 heterocycles. The number of ether oxygens (including phenoxy) is 1. The quantitative estimate of drug-likeness (QED) is 0.785. The summed E-state index contributed by atoms with van der Waals surface area (Å²) >= 11 is 0. The van der Waals surface area contributed by atoms with E-state index in [1.54, 1.807) is 6.26 Å². The molecule has 0 spiro atoms. The molecule has 0 aliphatic carbocycles. The maximum Gasteiger partial charge on any atom is 0.197 e. The van der Waals surface area contributed by atoms with Gasteiger partial charge in [-0.3, -0.25) is 0 Å². The van der Waals surface area contributed by atoms with E-state index in [1.807, 2.05) is 41.4 Å². The lowest BCUT2D eigenvalue weighted by molar-refractivity contribution is 0.0468. The number of benzene rings is 1. The number of nitrogens with zero attached hydrogens (tertiary/aromatic N) is 1. The lowest BCUT2D eigenvalue weighted by Crippen LogP contribution is -2.23. The summed E-state index contributed by atoms with van der Waals surface area (Å²) in [6, 6.07) is 9.97. The van der Waals surface area contributed by atoms with Gasteiger partial charge in [-0.1, -0.05) is 30.3 Å². The lowest BCUT2D eigenvalue weighted by atomic mass is 10.2. The van der Waals surface area contributed by atoms with Crippen molar-refractivity contribution in [3.05, 3.63) is 48.4 Å². The van der Waals surface area contributed by atoms with Crippen LogP contribution in [0.4, 0.5) is 0 Å². The van der Waals surface area contributed by atoms with Crippen LogP contribution in [0.2, 0.25) is 0 Å². The topological polar surface area (TPSA) is 32.7 Å². The van der Waals surface area contributed by atoms with Gasteiger partial charge < -0.3 is 14.7 Å². The molecule has 0 radical (unpaired) electrons. The number of hydrogen-bond donors (Lipinski definition) is 1. The summed E-state index contributed by atoms with van der Waals surface area (Å²) in [6.45, 7) is 0.729. The molecule has 0 bridgehead atoms. The van der Waals surface area contributed by atoms with Crippen molar-refractivity contribution >= 4 is 0 Å². The average molecular weight is 191 g/mol. The predicted molar refractivity (Wildman–Crippen MR) is 53.2 cm³/mol. The average Bonchev–Trinajstić information content (AvgIpc) is 2.68. The van der Waals surface area contributed by atoms with Gasteiger partial charge in [0.15, 0.2) is 6.23 Å². The maximum absolute atomic E-state index is 8.86. The third kappa shape index (κ3) is 1.72. The molecule has 0 saturated carbocycles. The van der Waals surface area contributed by atoms with Gasteiger partial charge in [0.2, 0.25) is 0 Å². The van der Waals surface area contributed by atoms with Crippen molar-refractivity contribution < 1.29 is 9.84 Å². The van der Waals surface area contributed by atoms with Crippen LogP contribution in [0.5, 0.6) is 0 Å². The molecule has 1 atom stereocenters. The number of rotatable bonds is 3. The van der Waals surface area contributed by atoms with Gasteiger partial charge in [0, 0.05) is 18.3 Å². The monoisotopic (exact) mass is 191 g/mol. The smallest absolute Gasteiger partial charge is 0.197 e. The van der Waals surface area contributed by atoms with Gasteiger partial charge in [-0.05, 0) is 0 Å². The SMILES string of the molecule is OCCN1C=COC1c1ccccc1. The van der Waals surface area contributed by atoms with E-state index in [0.29, 0.717) is 6.54 Å². The first-order chi connectivity index (χ1) is 6.92. The Hall–Kier alpha value is -1.48. The standard InChI is InChI=1S/C11H13NO2/c13-8-6-12-7-9-14-11(12)10-4-2-1-3-5-10/h1-5,7,9,11,13H,6,8H2. The van der Waals surface area contributed by atoms with Gasteiger partial charge in [0.05, 0.1) is 6.61 Å². The van der Waals surface area contributed by atoms with Gasteiger partial charge in [0.1, 0.15) is 6.26 Å². The largest absolute Gasteiger partial charge is 0.472 e. The number of β-amino-alcohol motifs (C(OH)–C–C–N with tert-alkyl or cyclic N) is 1. The van der Waals surface area contributed by atoms with E-state index in [0.717, 1.165) is 5.56 Å². The molecule has 2 rings (SSSR count). The van der Waals surface area contributed by atoms with Gasteiger partial charge in [-0.25, -0.2) is 0 Å². The Morgan fingerprint density at radius 2 is 2.07 bits per heavy atom. The normalized spacial score (nSPS) is 19.8. The van der Waals surface area contributed by atoms with E-state index in [-0.39, 0.29) is 12.8 Å². The Morgan fingerprint density at radius 1 is 1.29 bits per heavy atom. The summed E-state index contributed by atoms with van der Waals surface area (Å²) in [7, 11) is 0. The van der Waals surface area contributed by atoms with Crippen molar-refractivity contribution in [2.24, 2.45) is 0 Å². The van der Waals surface area contributed by atoms with E-state index in [9.17, 15) is 0 Å². The summed E-state index contributed by atoms with van der Waals surface area (Å²) in [5.41, 5.74) is 1.10. The summed E-state index contributed by atoms with van der Waals surface area (Å²) in [5.74, 6) is 0. The van der Waals surface area contributed by atoms with E-state index in [4.69, 9.17) is 9.84 Å². The summed E-state index contributed by atoms with van der Waals surface area (Å²) in [5, 5.41) is 8.86. The number of aliphatic hydroxyl groups is 1. The molecule has 0 fully saturated rings. The van der Waals surface area contributed by atoms with E-state index >= 15 is 0 Å². The van der Waals surface area contributed by atoms with Crippen LogP contribution in [0.3, 0.4) is 0 Å². The highest BCUT2D eigenvalue weighted by Crippen LogP contribution is 2.26. The summed E-state index contributed by atoms with van der Waals surface area (Å²) in [6.07, 6.45) is 3.43. The molecule has 74 valence electrons. The highest BCUT2D eigenvalue weighted by atomic mass is 16.5. The van der Waals surface area contributed by atoms with Gasteiger partial charge >= 0.3 is 0 Å². The molecule has 1 unspecified atom stereocenters. The van der Waals surface area contributed by atoms with Crippen LogP contribution in [0, 0.1) is 0 Å². The van der Waals surface area contributed by atoms with Crippen molar-refractivity contribution in [2.45, 2.75) is 6.23 Å². The van der Waals surface area contributed by atoms with Gasteiger partial charge in [0.25, 0.3) is 0 Å². The summed E-state index contributed by atoms with van der Waals surface area (Å²) in [4.78, 5) is 1.97. The minimum absolute atomic E-state index is 0.0802. The fourth-order valence-corrected chi connectivity index (χ4v) is 1.54. The molecule has 3 heteroatoms. The molecule has 0 saturated heterocycles. The molecule has 14 heavy (non-hydrogen) atoms. The van der Waals surface area contributed by atoms with Crippen molar-refractivity contribution in [3.63, 3.8) is 0 Å². The van der Waals surface area contributed by atoms with Crippen LogP contribution < -0.4 is 0 Å². The van der Waals surface area contributed by atoms with Crippen LogP contribution in [-0.4, -0.2) is 23.2 Å². The van der Waals surface area contributed by atoms with Crippen molar-refractivity contribution in [2.75, 3.05) is 13.2 Å². The molecular weight excluding hydrogens is 178 g/mol. The highest BCUT2D eigenvalue weighted by molar-refractivity contribution is 5.19. The molecule has 1 aromatic carbocycles. The second kappa shape index (κ2) is 4.15. The van der Waals surface area contributed by atoms with E-state index in [2.05, 4.69) is 0 Å². The Kier molecular flexibility index (Phi) is 2.70. The fraction of sp³-hybridized carbons (Fsp3) is 0.273. The van der Waals surface area contributed by atoms with Gasteiger partial charge in [-0.15, -0.1) is 0 Å².